The number of imide groups is 1. The molecule has 1 saturated carbocycles. The van der Waals surface area contributed by atoms with E-state index in [1.807, 2.05) is 49.9 Å². The number of carbonyl (C=O) groups is 3. The molecule has 1 saturated heterocycles. The highest BCUT2D eigenvalue weighted by Crippen LogP contribution is 2.35. The summed E-state index contributed by atoms with van der Waals surface area (Å²) in [6.45, 7) is 8.22. The van der Waals surface area contributed by atoms with Crippen molar-refractivity contribution in [2.24, 2.45) is 5.92 Å². The maximum atomic E-state index is 12.9. The average molecular weight is 386 g/mol. The number of hydrogen-bond donors (Lipinski definition) is 2. The van der Waals surface area contributed by atoms with Crippen LogP contribution in [0.3, 0.4) is 0 Å². The molecule has 1 aliphatic heterocycles. The fraction of sp³-hybridized carbons (Fsp3) is 0.571. The molecular weight excluding hydrogens is 356 g/mol. The number of anilines is 1. The van der Waals surface area contributed by atoms with Gasteiger partial charge in [-0.1, -0.05) is 24.6 Å². The quantitative estimate of drug-likeness (QED) is 0.763. The van der Waals surface area contributed by atoms with E-state index in [1.54, 1.807) is 0 Å². The molecule has 1 aliphatic carbocycles. The van der Waals surface area contributed by atoms with Gasteiger partial charge in [0.2, 0.25) is 0 Å². The Morgan fingerprint density at radius 2 is 1.86 bits per heavy atom. The van der Waals surface area contributed by atoms with Crippen LogP contribution in [-0.4, -0.2) is 41.0 Å². The normalized spacial score (nSPS) is 24.6. The number of nitrogens with zero attached hydrogens (tertiary/aromatic N) is 2. The monoisotopic (exact) mass is 386 g/mol. The van der Waals surface area contributed by atoms with Crippen molar-refractivity contribution < 1.29 is 14.4 Å². The highest BCUT2D eigenvalue weighted by Gasteiger charge is 2.52. The van der Waals surface area contributed by atoms with Crippen LogP contribution < -0.4 is 15.6 Å². The summed E-state index contributed by atoms with van der Waals surface area (Å²) in [6.07, 6.45) is 3.02. The molecule has 2 fully saturated rings. The SMILES string of the molecule is Cc1ccc(N(CC(=O)NN2C(=O)NC3(CCC(C)CC3)C2=O)C(C)C)cc1. The number of hydrazine groups is 1. The Morgan fingerprint density at radius 1 is 1.25 bits per heavy atom. The molecule has 1 spiro atoms. The van der Waals surface area contributed by atoms with Gasteiger partial charge in [-0.15, -0.1) is 0 Å². The summed E-state index contributed by atoms with van der Waals surface area (Å²) < 4.78 is 0. The minimum absolute atomic E-state index is 0.0574. The summed E-state index contributed by atoms with van der Waals surface area (Å²) in [7, 11) is 0. The van der Waals surface area contributed by atoms with Crippen LogP contribution in [0.4, 0.5) is 10.5 Å². The van der Waals surface area contributed by atoms with Crippen molar-refractivity contribution >= 4 is 23.5 Å². The first-order valence-electron chi connectivity index (χ1n) is 10.0. The smallest absolute Gasteiger partial charge is 0.344 e. The standard InChI is InChI=1S/C21H30N4O3/c1-14(2)24(17-7-5-15(3)6-8-17)13-18(26)23-25-19(27)21(22-20(25)28)11-9-16(4)10-12-21/h5-8,14,16H,9-13H2,1-4H3,(H,22,28)(H,23,26). The molecule has 2 N–H and O–H groups in total. The molecule has 0 aromatic heterocycles. The average Bonchev–Trinajstić information content (AvgIpc) is 2.87. The molecule has 0 unspecified atom stereocenters. The fourth-order valence-corrected chi connectivity index (χ4v) is 3.94. The van der Waals surface area contributed by atoms with Gasteiger partial charge in [0, 0.05) is 11.7 Å². The fourth-order valence-electron chi connectivity index (χ4n) is 3.94. The zero-order valence-electron chi connectivity index (χ0n) is 17.1. The van der Waals surface area contributed by atoms with Gasteiger partial charge in [-0.2, -0.15) is 5.01 Å². The molecule has 2 aliphatic rings. The molecule has 1 heterocycles. The lowest BCUT2D eigenvalue weighted by molar-refractivity contribution is -0.139. The Labute approximate surface area is 166 Å². The van der Waals surface area contributed by atoms with E-state index in [4.69, 9.17) is 0 Å². The highest BCUT2D eigenvalue weighted by molar-refractivity contribution is 6.08. The zero-order valence-corrected chi connectivity index (χ0v) is 17.1. The van der Waals surface area contributed by atoms with Crippen molar-refractivity contribution in [1.29, 1.82) is 0 Å². The maximum Gasteiger partial charge on any atom is 0.344 e. The van der Waals surface area contributed by atoms with Crippen molar-refractivity contribution in [2.45, 2.75) is 65.0 Å². The molecule has 0 bridgehead atoms. The van der Waals surface area contributed by atoms with Crippen molar-refractivity contribution in [3.05, 3.63) is 29.8 Å². The van der Waals surface area contributed by atoms with Gasteiger partial charge < -0.3 is 10.2 Å². The van der Waals surface area contributed by atoms with Gasteiger partial charge in [-0.25, -0.2) is 4.79 Å². The van der Waals surface area contributed by atoms with E-state index < -0.39 is 11.6 Å². The van der Waals surface area contributed by atoms with E-state index in [2.05, 4.69) is 17.7 Å². The van der Waals surface area contributed by atoms with Crippen molar-refractivity contribution in [2.75, 3.05) is 11.4 Å². The van der Waals surface area contributed by atoms with Gasteiger partial charge in [0.15, 0.2) is 0 Å². The number of nitrogens with one attached hydrogen (secondary N) is 2. The molecule has 1 aromatic rings. The molecule has 0 radical (unpaired) electrons. The molecule has 0 atom stereocenters. The first kappa shape index (κ1) is 20.2. The molecule has 1 aromatic carbocycles. The summed E-state index contributed by atoms with van der Waals surface area (Å²) in [5.41, 5.74) is 3.73. The van der Waals surface area contributed by atoms with Crippen LogP contribution >= 0.6 is 0 Å². The number of amides is 4. The van der Waals surface area contributed by atoms with E-state index in [1.165, 1.54) is 0 Å². The van der Waals surface area contributed by atoms with Gasteiger partial charge in [0.05, 0.1) is 6.54 Å². The van der Waals surface area contributed by atoms with Crippen molar-refractivity contribution in [1.82, 2.24) is 15.8 Å². The first-order valence-corrected chi connectivity index (χ1v) is 10.0. The molecule has 3 rings (SSSR count). The predicted molar refractivity (Wildman–Crippen MR) is 108 cm³/mol. The van der Waals surface area contributed by atoms with E-state index in [9.17, 15) is 14.4 Å². The number of carbonyl (C=O) groups excluding carboxylic acids is 3. The van der Waals surface area contributed by atoms with Crippen LogP contribution in [0.2, 0.25) is 0 Å². The van der Waals surface area contributed by atoms with Crippen LogP contribution in [0, 0.1) is 12.8 Å². The molecule has 7 heteroatoms. The van der Waals surface area contributed by atoms with Crippen LogP contribution in [0.5, 0.6) is 0 Å². The Morgan fingerprint density at radius 3 is 2.43 bits per heavy atom. The lowest BCUT2D eigenvalue weighted by Crippen LogP contribution is -2.53. The summed E-state index contributed by atoms with van der Waals surface area (Å²) in [5, 5.41) is 3.69. The Hall–Kier alpha value is -2.57. The minimum atomic E-state index is -0.856. The van der Waals surface area contributed by atoms with E-state index in [-0.39, 0.29) is 24.4 Å². The van der Waals surface area contributed by atoms with Crippen LogP contribution in [0.25, 0.3) is 0 Å². The first-order chi connectivity index (χ1) is 13.2. The number of benzene rings is 1. The summed E-state index contributed by atoms with van der Waals surface area (Å²) in [4.78, 5) is 39.8. The second-order valence-electron chi connectivity index (χ2n) is 8.43. The second-order valence-corrected chi connectivity index (χ2v) is 8.43. The van der Waals surface area contributed by atoms with Crippen LogP contribution in [0.1, 0.15) is 52.0 Å². The third kappa shape index (κ3) is 3.98. The third-order valence-corrected chi connectivity index (χ3v) is 5.83. The number of hydrogen-bond acceptors (Lipinski definition) is 4. The lowest BCUT2D eigenvalue weighted by atomic mass is 9.77. The van der Waals surface area contributed by atoms with Crippen LogP contribution in [0.15, 0.2) is 24.3 Å². The number of rotatable bonds is 5. The molecular formula is C21H30N4O3. The van der Waals surface area contributed by atoms with Crippen LogP contribution in [-0.2, 0) is 9.59 Å². The zero-order chi connectivity index (χ0) is 20.5. The lowest BCUT2D eigenvalue weighted by Gasteiger charge is -2.33. The predicted octanol–water partition coefficient (Wildman–Crippen LogP) is 2.74. The van der Waals surface area contributed by atoms with E-state index in [0.717, 1.165) is 29.1 Å². The summed E-state index contributed by atoms with van der Waals surface area (Å²) in [6, 6.07) is 7.47. The Balaban J connectivity index is 1.67. The summed E-state index contributed by atoms with van der Waals surface area (Å²) in [5.74, 6) is -0.184. The largest absolute Gasteiger partial charge is 0.360 e. The van der Waals surface area contributed by atoms with Gasteiger partial charge in [0.1, 0.15) is 5.54 Å². The summed E-state index contributed by atoms with van der Waals surface area (Å²) >= 11 is 0. The number of urea groups is 1. The Bertz CT molecular complexity index is 751. The van der Waals surface area contributed by atoms with E-state index in [0.29, 0.717) is 18.8 Å². The third-order valence-electron chi connectivity index (χ3n) is 5.83. The molecule has 4 amide bonds. The van der Waals surface area contributed by atoms with Gasteiger partial charge in [-0.05, 0) is 64.5 Å². The van der Waals surface area contributed by atoms with Crippen molar-refractivity contribution in [3.8, 4) is 0 Å². The second kappa shape index (κ2) is 7.81. The maximum absolute atomic E-state index is 12.9. The van der Waals surface area contributed by atoms with Gasteiger partial charge in [0.25, 0.3) is 11.8 Å². The van der Waals surface area contributed by atoms with Gasteiger partial charge in [-0.3, -0.25) is 15.0 Å². The van der Waals surface area contributed by atoms with E-state index >= 15 is 0 Å². The molecule has 152 valence electrons. The van der Waals surface area contributed by atoms with Gasteiger partial charge >= 0.3 is 6.03 Å². The highest BCUT2D eigenvalue weighted by atomic mass is 16.2. The number of aryl methyl sites for hydroxylation is 1. The molecule has 28 heavy (non-hydrogen) atoms. The van der Waals surface area contributed by atoms with Crippen molar-refractivity contribution in [3.63, 3.8) is 0 Å². The Kier molecular flexibility index (Phi) is 5.63. The molecule has 7 nitrogen and oxygen atoms in total. The topological polar surface area (TPSA) is 81.8 Å². The minimum Gasteiger partial charge on any atom is -0.360 e.